The van der Waals surface area contributed by atoms with Crippen LogP contribution in [0.5, 0.6) is 5.75 Å². The summed E-state index contributed by atoms with van der Waals surface area (Å²) in [6.45, 7) is 12.5. The lowest BCUT2D eigenvalue weighted by molar-refractivity contribution is -0.149. The van der Waals surface area contributed by atoms with Crippen molar-refractivity contribution in [3.05, 3.63) is 53.6 Å². The number of fused-ring (bicyclic) bond motifs is 6. The minimum Gasteiger partial charge on any atom is -0.507 e. The fourth-order valence-corrected chi connectivity index (χ4v) is 10.6. The highest BCUT2D eigenvalue weighted by atomic mass is 16.5. The van der Waals surface area contributed by atoms with Gasteiger partial charge in [-0.2, -0.15) is 0 Å². The molecule has 0 aliphatic heterocycles. The first kappa shape index (κ1) is 31.4. The molecule has 3 saturated carbocycles. The van der Waals surface area contributed by atoms with Crippen molar-refractivity contribution in [3.63, 3.8) is 0 Å². The lowest BCUT2D eigenvalue weighted by atomic mass is 9.47. The number of ether oxygens (including phenoxy) is 1. The van der Waals surface area contributed by atoms with E-state index in [1.807, 2.05) is 30.3 Å². The van der Waals surface area contributed by atoms with Crippen LogP contribution in [0.4, 0.5) is 0 Å². The maximum Gasteiger partial charge on any atom is 0.327 e. The number of esters is 1. The number of aromatic hydroxyl groups is 1. The summed E-state index contributed by atoms with van der Waals surface area (Å²) in [6.07, 6.45) is 18.0. The Morgan fingerprint density at radius 1 is 1.02 bits per heavy atom. The Morgan fingerprint density at radius 3 is 2.66 bits per heavy atom. The van der Waals surface area contributed by atoms with Gasteiger partial charge in [-0.1, -0.05) is 95.9 Å². The second kappa shape index (κ2) is 12.6. The molecule has 4 aliphatic carbocycles. The zero-order valence-electron chi connectivity index (χ0n) is 27.9. The maximum absolute atomic E-state index is 12.8. The Bertz CT molecular complexity index is 1410. The predicted octanol–water partition coefficient (Wildman–Crippen LogP) is 9.92. The number of allylic oxidation sites excluding steroid dienone is 1. The molecule has 0 spiro atoms. The molecule has 0 saturated heterocycles. The molecule has 2 aromatic rings. The third kappa shape index (κ3) is 5.87. The van der Waals surface area contributed by atoms with Gasteiger partial charge in [0, 0.05) is 18.2 Å². The largest absolute Gasteiger partial charge is 0.507 e. The van der Waals surface area contributed by atoms with Crippen molar-refractivity contribution in [1.29, 1.82) is 0 Å². The summed E-state index contributed by atoms with van der Waals surface area (Å²) in [5.41, 5.74) is 2.95. The molecule has 4 aliphatic rings. The first-order valence-corrected chi connectivity index (χ1v) is 17.7. The number of nitrogens with zero attached hydrogens (tertiary/aromatic N) is 1. The van der Waals surface area contributed by atoms with Crippen LogP contribution in [0.1, 0.15) is 111 Å². The van der Waals surface area contributed by atoms with E-state index >= 15 is 0 Å². The van der Waals surface area contributed by atoms with Gasteiger partial charge in [0.15, 0.2) is 0 Å². The average molecular weight is 598 g/mol. The van der Waals surface area contributed by atoms with Crippen LogP contribution >= 0.6 is 0 Å². The van der Waals surface area contributed by atoms with Gasteiger partial charge in [0.2, 0.25) is 0 Å². The lowest BCUT2D eigenvalue weighted by Gasteiger charge is -2.58. The molecule has 3 fully saturated rings. The van der Waals surface area contributed by atoms with E-state index in [1.165, 1.54) is 51.4 Å². The fraction of sp³-hybridized carbons (Fsp3) is 0.650. The van der Waals surface area contributed by atoms with Crippen molar-refractivity contribution in [2.45, 2.75) is 111 Å². The molecule has 4 nitrogen and oxygen atoms in total. The maximum atomic E-state index is 12.8. The highest BCUT2D eigenvalue weighted by molar-refractivity contribution is 6.02. The summed E-state index contributed by atoms with van der Waals surface area (Å²) in [7, 11) is 0. The van der Waals surface area contributed by atoms with Crippen molar-refractivity contribution >= 4 is 23.0 Å². The van der Waals surface area contributed by atoms with Crippen molar-refractivity contribution in [2.24, 2.45) is 51.3 Å². The van der Waals surface area contributed by atoms with Gasteiger partial charge in [-0.25, -0.2) is 0 Å². The number of hydrogen-bond acceptors (Lipinski definition) is 4. The van der Waals surface area contributed by atoms with Gasteiger partial charge in [0.25, 0.3) is 0 Å². The van der Waals surface area contributed by atoms with Gasteiger partial charge >= 0.3 is 5.97 Å². The second-order valence-electron chi connectivity index (χ2n) is 15.8. The summed E-state index contributed by atoms with van der Waals surface area (Å²) in [5.74, 6) is 4.89. The van der Waals surface area contributed by atoms with Crippen LogP contribution in [0.15, 0.2) is 53.0 Å². The smallest absolute Gasteiger partial charge is 0.327 e. The standard InChI is InChI=1S/C40H55NO3/c1-26(2)9-8-10-27(3)34-16-17-35-32-15-14-29-23-30(19-21-39(29,4)36(32)20-22-40(34,35)5)44-38(43)25-41-24-33-31-12-7-6-11-28(31)13-18-37(33)42/h6-7,11-14,18,24,26-27,30,32,34-36,42H,8-10,15-17,19-23,25H2,1-5H3/t27-,30?,32+,34-,35+,36+,39+,40-/m1/s1. The Balaban J connectivity index is 1.06. The van der Waals surface area contributed by atoms with Crippen LogP contribution in [-0.4, -0.2) is 29.9 Å². The summed E-state index contributed by atoms with van der Waals surface area (Å²) in [5, 5.41) is 12.3. The zero-order valence-corrected chi connectivity index (χ0v) is 27.9. The van der Waals surface area contributed by atoms with E-state index in [2.05, 4.69) is 45.7 Å². The Morgan fingerprint density at radius 2 is 1.84 bits per heavy atom. The van der Waals surface area contributed by atoms with E-state index in [-0.39, 0.29) is 29.8 Å². The number of hydrogen-bond donors (Lipinski definition) is 1. The van der Waals surface area contributed by atoms with Crippen LogP contribution in [0.25, 0.3) is 10.8 Å². The van der Waals surface area contributed by atoms with E-state index in [4.69, 9.17) is 4.74 Å². The lowest BCUT2D eigenvalue weighted by Crippen LogP contribution is -2.51. The van der Waals surface area contributed by atoms with Crippen molar-refractivity contribution in [1.82, 2.24) is 0 Å². The Kier molecular flexibility index (Phi) is 9.01. The molecular weight excluding hydrogens is 542 g/mol. The third-order valence-electron chi connectivity index (χ3n) is 12.9. The molecule has 1 unspecified atom stereocenters. The predicted molar refractivity (Wildman–Crippen MR) is 181 cm³/mol. The SMILES string of the molecule is CC(C)CCC[C@@H](C)[C@H]1CC[C@H]2[C@@H]3CC=C4CC(OC(=O)CN=Cc5c(O)ccc6ccccc56)CC[C@]4(C)[C@H]3CC[C@]12C. The van der Waals surface area contributed by atoms with Gasteiger partial charge in [-0.15, -0.1) is 0 Å². The molecule has 2 aromatic carbocycles. The quantitative estimate of drug-likeness (QED) is 0.178. The van der Waals surface area contributed by atoms with Gasteiger partial charge < -0.3 is 9.84 Å². The number of carbonyl (C=O) groups is 1. The van der Waals surface area contributed by atoms with E-state index < -0.39 is 0 Å². The van der Waals surface area contributed by atoms with E-state index in [0.717, 1.165) is 65.5 Å². The van der Waals surface area contributed by atoms with Gasteiger partial charge in [0.1, 0.15) is 18.4 Å². The highest BCUT2D eigenvalue weighted by Gasteiger charge is 2.59. The molecule has 1 N–H and O–H groups in total. The molecule has 0 heterocycles. The summed E-state index contributed by atoms with van der Waals surface area (Å²) < 4.78 is 5.99. The number of carbonyl (C=O) groups excluding carboxylic acids is 1. The molecule has 0 bridgehead atoms. The monoisotopic (exact) mass is 597 g/mol. The number of phenols is 1. The molecule has 6 rings (SSSR count). The molecular formula is C40H55NO3. The normalized spacial score (nSPS) is 34.0. The summed E-state index contributed by atoms with van der Waals surface area (Å²) >= 11 is 0. The summed E-state index contributed by atoms with van der Waals surface area (Å²) in [6, 6.07) is 11.5. The highest BCUT2D eigenvalue weighted by Crippen LogP contribution is 2.67. The molecule has 0 amide bonds. The van der Waals surface area contributed by atoms with Crippen LogP contribution in [0, 0.1) is 46.3 Å². The topological polar surface area (TPSA) is 58.9 Å². The molecule has 44 heavy (non-hydrogen) atoms. The fourth-order valence-electron chi connectivity index (χ4n) is 10.6. The van der Waals surface area contributed by atoms with Crippen LogP contribution in [-0.2, 0) is 9.53 Å². The van der Waals surface area contributed by atoms with Crippen molar-refractivity contribution in [2.75, 3.05) is 6.54 Å². The van der Waals surface area contributed by atoms with E-state index in [0.29, 0.717) is 11.0 Å². The van der Waals surface area contributed by atoms with Crippen molar-refractivity contribution in [3.8, 4) is 5.75 Å². The van der Waals surface area contributed by atoms with E-state index in [1.54, 1.807) is 17.9 Å². The Hall–Kier alpha value is -2.62. The third-order valence-corrected chi connectivity index (χ3v) is 12.9. The minimum atomic E-state index is -0.281. The zero-order chi connectivity index (χ0) is 31.1. The number of aliphatic imine (C=N–C) groups is 1. The minimum absolute atomic E-state index is 0.0303. The van der Waals surface area contributed by atoms with Gasteiger partial charge in [0.05, 0.1) is 0 Å². The molecule has 0 radical (unpaired) electrons. The second-order valence-corrected chi connectivity index (χ2v) is 15.8. The van der Waals surface area contributed by atoms with Gasteiger partial charge in [-0.3, -0.25) is 9.79 Å². The molecule has 0 aromatic heterocycles. The van der Waals surface area contributed by atoms with E-state index in [9.17, 15) is 9.90 Å². The number of benzene rings is 2. The average Bonchev–Trinajstić information content (AvgIpc) is 3.35. The van der Waals surface area contributed by atoms with Crippen LogP contribution in [0.2, 0.25) is 0 Å². The van der Waals surface area contributed by atoms with Crippen molar-refractivity contribution < 1.29 is 14.6 Å². The summed E-state index contributed by atoms with van der Waals surface area (Å²) in [4.78, 5) is 17.2. The molecule has 4 heteroatoms. The van der Waals surface area contributed by atoms with Crippen LogP contribution < -0.4 is 0 Å². The Labute approximate surface area is 265 Å². The number of rotatable bonds is 9. The molecule has 8 atom stereocenters. The number of phenolic OH excluding ortho intramolecular Hbond substituents is 1. The van der Waals surface area contributed by atoms with Gasteiger partial charge in [-0.05, 0) is 108 Å². The van der Waals surface area contributed by atoms with Crippen LogP contribution in [0.3, 0.4) is 0 Å². The first-order chi connectivity index (χ1) is 21.1. The first-order valence-electron chi connectivity index (χ1n) is 17.7. The molecule has 238 valence electrons.